The summed E-state index contributed by atoms with van der Waals surface area (Å²) >= 11 is 0. The van der Waals surface area contributed by atoms with E-state index in [1.54, 1.807) is 4.90 Å². The summed E-state index contributed by atoms with van der Waals surface area (Å²) in [5, 5.41) is 11.8. The maximum atomic E-state index is 12.0. The van der Waals surface area contributed by atoms with Gasteiger partial charge in [0.1, 0.15) is 6.04 Å². The number of carboxylic acids is 1. The van der Waals surface area contributed by atoms with E-state index in [4.69, 9.17) is 5.11 Å². The Labute approximate surface area is 109 Å². The van der Waals surface area contributed by atoms with Gasteiger partial charge in [-0.3, -0.25) is 0 Å². The Morgan fingerprint density at radius 2 is 1.78 bits per heavy atom. The van der Waals surface area contributed by atoms with Crippen molar-refractivity contribution in [3.63, 3.8) is 0 Å². The summed E-state index contributed by atoms with van der Waals surface area (Å²) in [7, 11) is 0. The summed E-state index contributed by atoms with van der Waals surface area (Å²) in [6.07, 6.45) is 1.97. The number of urea groups is 1. The predicted octanol–water partition coefficient (Wildman–Crippen LogP) is 1.93. The van der Waals surface area contributed by atoms with E-state index in [1.807, 2.05) is 20.8 Å². The van der Waals surface area contributed by atoms with Crippen LogP contribution in [0.15, 0.2) is 0 Å². The number of nitrogens with zero attached hydrogens (tertiary/aromatic N) is 1. The third-order valence-electron chi connectivity index (χ3n) is 3.45. The lowest BCUT2D eigenvalue weighted by molar-refractivity contribution is -0.142. The Bertz CT molecular complexity index is 315. The normalized spacial score (nSPS) is 19.4. The lowest BCUT2D eigenvalue weighted by Crippen LogP contribution is -2.54. The Balaban J connectivity index is 2.59. The number of nitrogens with one attached hydrogen (secondary N) is 1. The molecule has 0 aromatic heterocycles. The number of rotatable bonds is 2. The van der Waals surface area contributed by atoms with Gasteiger partial charge in [0, 0.05) is 13.1 Å². The molecule has 0 aromatic carbocycles. The van der Waals surface area contributed by atoms with Crippen LogP contribution in [0.5, 0.6) is 0 Å². The fourth-order valence-corrected chi connectivity index (χ4v) is 2.08. The van der Waals surface area contributed by atoms with Gasteiger partial charge in [-0.2, -0.15) is 0 Å². The van der Waals surface area contributed by atoms with Crippen LogP contribution in [0.25, 0.3) is 0 Å². The molecule has 5 nitrogen and oxygen atoms in total. The number of amides is 2. The summed E-state index contributed by atoms with van der Waals surface area (Å²) in [6.45, 7) is 9.02. The van der Waals surface area contributed by atoms with Gasteiger partial charge in [-0.15, -0.1) is 0 Å². The van der Waals surface area contributed by atoms with Crippen molar-refractivity contribution in [1.82, 2.24) is 10.2 Å². The first-order valence-electron chi connectivity index (χ1n) is 6.50. The van der Waals surface area contributed by atoms with Crippen LogP contribution in [-0.4, -0.2) is 41.1 Å². The number of aliphatic carboxylic acids is 1. The van der Waals surface area contributed by atoms with E-state index >= 15 is 0 Å². The monoisotopic (exact) mass is 256 g/mol. The van der Waals surface area contributed by atoms with E-state index in [1.165, 1.54) is 0 Å². The van der Waals surface area contributed by atoms with E-state index in [0.717, 1.165) is 12.8 Å². The van der Waals surface area contributed by atoms with Gasteiger partial charge in [-0.1, -0.05) is 27.7 Å². The number of carbonyl (C=O) groups is 2. The number of piperidine rings is 1. The number of likely N-dealkylation sites (tertiary alicyclic amines) is 1. The zero-order valence-corrected chi connectivity index (χ0v) is 11.7. The molecule has 0 bridgehead atoms. The zero-order valence-electron chi connectivity index (χ0n) is 11.7. The molecule has 5 heteroatoms. The number of carbonyl (C=O) groups excluding carboxylic acids is 1. The molecule has 0 saturated carbocycles. The topological polar surface area (TPSA) is 69.6 Å². The second-order valence-corrected chi connectivity index (χ2v) is 6.26. The molecule has 1 atom stereocenters. The molecular weight excluding hydrogens is 232 g/mol. The number of hydrogen-bond acceptors (Lipinski definition) is 2. The molecule has 1 unspecified atom stereocenters. The van der Waals surface area contributed by atoms with Crippen LogP contribution in [0.4, 0.5) is 4.79 Å². The highest BCUT2D eigenvalue weighted by atomic mass is 16.4. The van der Waals surface area contributed by atoms with Crippen LogP contribution in [0.3, 0.4) is 0 Å². The van der Waals surface area contributed by atoms with Crippen LogP contribution in [0.1, 0.15) is 40.5 Å². The molecule has 1 fully saturated rings. The molecule has 0 aromatic rings. The third-order valence-corrected chi connectivity index (χ3v) is 3.45. The van der Waals surface area contributed by atoms with Gasteiger partial charge in [0.25, 0.3) is 0 Å². The molecule has 1 aliphatic rings. The van der Waals surface area contributed by atoms with Gasteiger partial charge in [0.2, 0.25) is 0 Å². The molecule has 0 spiro atoms. The van der Waals surface area contributed by atoms with Gasteiger partial charge in [0.15, 0.2) is 0 Å². The lowest BCUT2D eigenvalue weighted by atomic mass is 9.87. The van der Waals surface area contributed by atoms with Crippen LogP contribution in [0, 0.1) is 11.3 Å². The van der Waals surface area contributed by atoms with E-state index in [9.17, 15) is 9.59 Å². The van der Waals surface area contributed by atoms with Crippen molar-refractivity contribution < 1.29 is 14.7 Å². The predicted molar refractivity (Wildman–Crippen MR) is 69.4 cm³/mol. The molecule has 2 amide bonds. The van der Waals surface area contributed by atoms with Crippen molar-refractivity contribution in [2.75, 3.05) is 13.1 Å². The van der Waals surface area contributed by atoms with Crippen molar-refractivity contribution >= 4 is 12.0 Å². The summed E-state index contributed by atoms with van der Waals surface area (Å²) in [5.74, 6) is -0.340. The van der Waals surface area contributed by atoms with Crippen molar-refractivity contribution in [2.24, 2.45) is 11.3 Å². The molecular formula is C13H24N2O3. The van der Waals surface area contributed by atoms with Gasteiger partial charge in [-0.05, 0) is 24.2 Å². The summed E-state index contributed by atoms with van der Waals surface area (Å²) in [6, 6.07) is -1.12. The zero-order chi connectivity index (χ0) is 13.9. The number of carboxylic acid groups (broad SMARTS) is 1. The van der Waals surface area contributed by atoms with Crippen molar-refractivity contribution in [1.29, 1.82) is 0 Å². The molecule has 104 valence electrons. The fraction of sp³-hybridized carbons (Fsp3) is 0.846. The summed E-state index contributed by atoms with van der Waals surface area (Å²) in [5.41, 5.74) is -0.495. The first-order valence-corrected chi connectivity index (χ1v) is 6.50. The van der Waals surface area contributed by atoms with Crippen LogP contribution in [0.2, 0.25) is 0 Å². The molecule has 18 heavy (non-hydrogen) atoms. The highest BCUT2D eigenvalue weighted by molar-refractivity contribution is 5.83. The van der Waals surface area contributed by atoms with Crippen LogP contribution in [-0.2, 0) is 4.79 Å². The van der Waals surface area contributed by atoms with Gasteiger partial charge in [-0.25, -0.2) is 9.59 Å². The molecule has 0 aliphatic carbocycles. The first kappa shape index (κ1) is 14.8. The van der Waals surface area contributed by atoms with Gasteiger partial charge < -0.3 is 15.3 Å². The minimum atomic E-state index is -0.985. The minimum Gasteiger partial charge on any atom is -0.480 e. The van der Waals surface area contributed by atoms with Crippen molar-refractivity contribution in [3.05, 3.63) is 0 Å². The van der Waals surface area contributed by atoms with E-state index < -0.39 is 17.4 Å². The van der Waals surface area contributed by atoms with E-state index in [0.29, 0.717) is 19.0 Å². The summed E-state index contributed by atoms with van der Waals surface area (Å²) in [4.78, 5) is 24.9. The molecule has 1 saturated heterocycles. The van der Waals surface area contributed by atoms with Crippen LogP contribution < -0.4 is 5.32 Å². The van der Waals surface area contributed by atoms with E-state index in [2.05, 4.69) is 12.2 Å². The molecule has 1 rings (SSSR count). The average Bonchev–Trinajstić information content (AvgIpc) is 2.24. The fourth-order valence-electron chi connectivity index (χ4n) is 2.08. The highest BCUT2D eigenvalue weighted by Gasteiger charge is 2.34. The highest BCUT2D eigenvalue weighted by Crippen LogP contribution is 2.21. The summed E-state index contributed by atoms with van der Waals surface area (Å²) < 4.78 is 0. The maximum absolute atomic E-state index is 12.0. The molecule has 1 aliphatic heterocycles. The van der Waals surface area contributed by atoms with Crippen molar-refractivity contribution in [2.45, 2.75) is 46.6 Å². The first-order chi connectivity index (χ1) is 8.21. The lowest BCUT2D eigenvalue weighted by Gasteiger charge is -2.34. The Morgan fingerprint density at radius 1 is 1.28 bits per heavy atom. The smallest absolute Gasteiger partial charge is 0.326 e. The quantitative estimate of drug-likeness (QED) is 0.793. The van der Waals surface area contributed by atoms with Gasteiger partial charge in [0.05, 0.1) is 0 Å². The second-order valence-electron chi connectivity index (χ2n) is 6.26. The third kappa shape index (κ3) is 3.89. The molecule has 1 heterocycles. The molecule has 2 N–H and O–H groups in total. The largest absolute Gasteiger partial charge is 0.480 e. The van der Waals surface area contributed by atoms with Crippen LogP contribution >= 0.6 is 0 Å². The SMILES string of the molecule is CC1CCN(C(=O)NC(C(=O)O)C(C)(C)C)CC1. The van der Waals surface area contributed by atoms with E-state index in [-0.39, 0.29) is 6.03 Å². The van der Waals surface area contributed by atoms with Crippen molar-refractivity contribution in [3.8, 4) is 0 Å². The minimum absolute atomic E-state index is 0.260. The standard InChI is InChI=1S/C13H24N2O3/c1-9-5-7-15(8-6-9)12(18)14-10(11(16)17)13(2,3)4/h9-10H,5-8H2,1-4H3,(H,14,18)(H,16,17). The Morgan fingerprint density at radius 3 is 2.17 bits per heavy atom. The number of hydrogen-bond donors (Lipinski definition) is 2. The maximum Gasteiger partial charge on any atom is 0.326 e. The Kier molecular flexibility index (Phi) is 4.59. The van der Waals surface area contributed by atoms with Gasteiger partial charge >= 0.3 is 12.0 Å². The molecule has 0 radical (unpaired) electrons. The Hall–Kier alpha value is -1.26. The second kappa shape index (κ2) is 5.59. The average molecular weight is 256 g/mol.